The van der Waals surface area contributed by atoms with E-state index in [1.54, 1.807) is 0 Å². The van der Waals surface area contributed by atoms with Crippen LogP contribution in [0.5, 0.6) is 0 Å². The largest absolute Gasteiger partial charge is 0.358 e. The first kappa shape index (κ1) is 9.92. The van der Waals surface area contributed by atoms with Crippen molar-refractivity contribution in [3.8, 4) is 0 Å². The maximum Gasteiger partial charge on any atom is 0.107 e. The molecule has 0 unspecified atom stereocenters. The highest BCUT2D eigenvalue weighted by Gasteiger charge is 2.15. The van der Waals surface area contributed by atoms with Gasteiger partial charge in [0.1, 0.15) is 6.23 Å². The van der Waals surface area contributed by atoms with Crippen LogP contribution < -0.4 is 0 Å². The molecule has 0 fully saturated rings. The topological polar surface area (TPSA) is 12.5 Å². The lowest BCUT2D eigenvalue weighted by molar-refractivity contribution is -0.108. The summed E-state index contributed by atoms with van der Waals surface area (Å²) in [6.07, 6.45) is 0.194. The minimum Gasteiger partial charge on any atom is -0.358 e. The van der Waals surface area contributed by atoms with Gasteiger partial charge in [-0.15, -0.1) is 0 Å². The van der Waals surface area contributed by atoms with E-state index in [1.165, 1.54) is 0 Å². The molecule has 10 heavy (non-hydrogen) atoms. The molecule has 0 aliphatic heterocycles. The second-order valence-corrected chi connectivity index (χ2v) is 3.79. The minimum absolute atomic E-state index is 0.0380. The Labute approximate surface area is 64.2 Å². The van der Waals surface area contributed by atoms with Crippen molar-refractivity contribution >= 4 is 0 Å². The molecule has 0 heterocycles. The highest BCUT2D eigenvalue weighted by molar-refractivity contribution is 4.61. The van der Waals surface area contributed by atoms with Crippen LogP contribution in [0.25, 0.3) is 0 Å². The maximum atomic E-state index is 5.62. The van der Waals surface area contributed by atoms with Crippen LogP contribution in [0.3, 0.4) is 0 Å². The van der Waals surface area contributed by atoms with Crippen molar-refractivity contribution in [1.82, 2.24) is 4.90 Å². The van der Waals surface area contributed by atoms with Gasteiger partial charge in [0.15, 0.2) is 0 Å². The standard InChI is InChI=1S/C8H19NO/c1-7(9(5)6)10-8(2,3)4/h7H,1-6H3/t7-/m1/s1. The molecule has 0 radical (unpaired) electrons. The third-order valence-corrected chi connectivity index (χ3v) is 1.25. The molecule has 0 spiro atoms. The van der Waals surface area contributed by atoms with Crippen LogP contribution in [0, 0.1) is 0 Å². The van der Waals surface area contributed by atoms with E-state index in [0.717, 1.165) is 0 Å². The van der Waals surface area contributed by atoms with E-state index in [4.69, 9.17) is 4.74 Å². The third kappa shape index (κ3) is 4.77. The van der Waals surface area contributed by atoms with Crippen molar-refractivity contribution in [1.29, 1.82) is 0 Å². The Kier molecular flexibility index (Phi) is 3.33. The second kappa shape index (κ2) is 3.35. The zero-order valence-corrected chi connectivity index (χ0v) is 7.93. The molecule has 0 amide bonds. The van der Waals surface area contributed by atoms with Crippen LogP contribution >= 0.6 is 0 Å². The summed E-state index contributed by atoms with van der Waals surface area (Å²) in [6.45, 7) is 8.23. The van der Waals surface area contributed by atoms with Gasteiger partial charge >= 0.3 is 0 Å². The fraction of sp³-hybridized carbons (Fsp3) is 1.00. The lowest BCUT2D eigenvalue weighted by atomic mass is 10.2. The SMILES string of the molecule is C[C@@H](OC(C)(C)C)N(C)C. The van der Waals surface area contributed by atoms with Crippen LogP contribution in [0.15, 0.2) is 0 Å². The average molecular weight is 145 g/mol. The molecule has 0 bridgehead atoms. The predicted molar refractivity (Wildman–Crippen MR) is 44.0 cm³/mol. The number of hydrogen-bond acceptors (Lipinski definition) is 2. The average Bonchev–Trinajstić information content (AvgIpc) is 1.60. The van der Waals surface area contributed by atoms with Crippen molar-refractivity contribution in [2.45, 2.75) is 39.5 Å². The third-order valence-electron chi connectivity index (χ3n) is 1.25. The zero-order valence-electron chi connectivity index (χ0n) is 7.93. The summed E-state index contributed by atoms with van der Waals surface area (Å²) in [5, 5.41) is 0. The molecule has 2 nitrogen and oxygen atoms in total. The lowest BCUT2D eigenvalue weighted by Crippen LogP contribution is -2.35. The van der Waals surface area contributed by atoms with Gasteiger partial charge in [-0.3, -0.25) is 4.90 Å². The van der Waals surface area contributed by atoms with Crippen LogP contribution in [0.2, 0.25) is 0 Å². The summed E-state index contributed by atoms with van der Waals surface area (Å²) in [5.41, 5.74) is -0.0380. The van der Waals surface area contributed by atoms with Gasteiger partial charge in [-0.05, 0) is 41.8 Å². The smallest absolute Gasteiger partial charge is 0.107 e. The Balaban J connectivity index is 3.68. The summed E-state index contributed by atoms with van der Waals surface area (Å²) in [7, 11) is 4.02. The van der Waals surface area contributed by atoms with Gasteiger partial charge in [0, 0.05) is 0 Å². The van der Waals surface area contributed by atoms with E-state index in [0.29, 0.717) is 0 Å². The Hall–Kier alpha value is -0.0800. The summed E-state index contributed by atoms with van der Waals surface area (Å²) in [6, 6.07) is 0. The summed E-state index contributed by atoms with van der Waals surface area (Å²) in [4.78, 5) is 2.05. The van der Waals surface area contributed by atoms with E-state index in [1.807, 2.05) is 25.9 Å². The molecule has 0 aromatic carbocycles. The molecule has 0 aliphatic carbocycles. The van der Waals surface area contributed by atoms with Gasteiger partial charge in [-0.25, -0.2) is 0 Å². The Morgan fingerprint density at radius 3 is 1.70 bits per heavy atom. The monoisotopic (exact) mass is 145 g/mol. The highest BCUT2D eigenvalue weighted by Crippen LogP contribution is 2.10. The van der Waals surface area contributed by atoms with Gasteiger partial charge in [-0.1, -0.05) is 0 Å². The minimum atomic E-state index is -0.0380. The Morgan fingerprint density at radius 2 is 1.60 bits per heavy atom. The van der Waals surface area contributed by atoms with Crippen LogP contribution in [-0.4, -0.2) is 30.8 Å². The molecule has 0 N–H and O–H groups in total. The molecule has 0 aromatic heterocycles. The molecule has 2 heteroatoms. The number of nitrogens with zero attached hydrogens (tertiary/aromatic N) is 1. The van der Waals surface area contributed by atoms with Gasteiger partial charge < -0.3 is 4.74 Å². The van der Waals surface area contributed by atoms with E-state index >= 15 is 0 Å². The molecular formula is C8H19NO. The van der Waals surface area contributed by atoms with Crippen LogP contribution in [0.4, 0.5) is 0 Å². The van der Waals surface area contributed by atoms with Crippen molar-refractivity contribution in [3.05, 3.63) is 0 Å². The molecule has 1 atom stereocenters. The van der Waals surface area contributed by atoms with Gasteiger partial charge in [0.05, 0.1) is 5.60 Å². The van der Waals surface area contributed by atoms with Crippen LogP contribution in [0.1, 0.15) is 27.7 Å². The number of ether oxygens (including phenoxy) is 1. The molecule has 0 saturated carbocycles. The zero-order chi connectivity index (χ0) is 8.36. The first-order chi connectivity index (χ1) is 4.33. The fourth-order valence-electron chi connectivity index (χ4n) is 0.617. The summed E-state index contributed by atoms with van der Waals surface area (Å²) in [5.74, 6) is 0. The van der Waals surface area contributed by atoms with Crippen molar-refractivity contribution in [2.24, 2.45) is 0 Å². The number of rotatable bonds is 2. The molecule has 0 aliphatic rings. The van der Waals surface area contributed by atoms with Crippen molar-refractivity contribution in [2.75, 3.05) is 14.1 Å². The van der Waals surface area contributed by atoms with E-state index in [-0.39, 0.29) is 11.8 Å². The van der Waals surface area contributed by atoms with E-state index in [2.05, 4.69) is 20.8 Å². The summed E-state index contributed by atoms with van der Waals surface area (Å²) < 4.78 is 5.62. The van der Waals surface area contributed by atoms with E-state index in [9.17, 15) is 0 Å². The molecule has 0 rings (SSSR count). The Morgan fingerprint density at radius 1 is 1.20 bits per heavy atom. The lowest BCUT2D eigenvalue weighted by Gasteiger charge is -2.28. The van der Waals surface area contributed by atoms with Gasteiger partial charge in [-0.2, -0.15) is 0 Å². The fourth-order valence-corrected chi connectivity index (χ4v) is 0.617. The first-order valence-electron chi connectivity index (χ1n) is 3.67. The van der Waals surface area contributed by atoms with Gasteiger partial charge in [0.2, 0.25) is 0 Å². The van der Waals surface area contributed by atoms with Crippen molar-refractivity contribution in [3.63, 3.8) is 0 Å². The Bertz CT molecular complexity index is 93.9. The highest BCUT2D eigenvalue weighted by atomic mass is 16.5. The van der Waals surface area contributed by atoms with Crippen LogP contribution in [-0.2, 0) is 4.74 Å². The first-order valence-corrected chi connectivity index (χ1v) is 3.67. The molecular weight excluding hydrogens is 126 g/mol. The number of hydrogen-bond donors (Lipinski definition) is 0. The maximum absolute atomic E-state index is 5.62. The van der Waals surface area contributed by atoms with E-state index < -0.39 is 0 Å². The quantitative estimate of drug-likeness (QED) is 0.548. The molecule has 0 aromatic rings. The normalized spacial score (nSPS) is 15.9. The summed E-state index contributed by atoms with van der Waals surface area (Å²) >= 11 is 0. The van der Waals surface area contributed by atoms with Gasteiger partial charge in [0.25, 0.3) is 0 Å². The predicted octanol–water partition coefficient (Wildman–Crippen LogP) is 1.71. The second-order valence-electron chi connectivity index (χ2n) is 3.79. The molecule has 0 saturated heterocycles. The van der Waals surface area contributed by atoms with Crippen molar-refractivity contribution < 1.29 is 4.74 Å². The molecule has 62 valence electrons.